The highest BCUT2D eigenvalue weighted by Gasteiger charge is 2.03. The van der Waals surface area contributed by atoms with Gasteiger partial charge in [0.2, 0.25) is 0 Å². The van der Waals surface area contributed by atoms with E-state index in [4.69, 9.17) is 5.26 Å². The van der Waals surface area contributed by atoms with E-state index in [0.29, 0.717) is 5.56 Å². The zero-order valence-corrected chi connectivity index (χ0v) is 10.2. The smallest absolute Gasteiger partial charge is 0.115 e. The predicted octanol–water partition coefficient (Wildman–Crippen LogP) is 2.90. The van der Waals surface area contributed by atoms with E-state index in [-0.39, 0.29) is 5.75 Å². The number of phenols is 1. The standard InChI is InChI=1S/C15H14N2O/c1-17(11-12-5-7-15(18)8-6-12)14-4-2-3-13(9-14)10-16/h2-9,18H,11H2,1H3. The van der Waals surface area contributed by atoms with Gasteiger partial charge in [0.15, 0.2) is 0 Å². The molecule has 18 heavy (non-hydrogen) atoms. The molecule has 0 saturated heterocycles. The molecule has 2 rings (SSSR count). The summed E-state index contributed by atoms with van der Waals surface area (Å²) in [5.74, 6) is 0.271. The Balaban J connectivity index is 2.14. The quantitative estimate of drug-likeness (QED) is 0.894. The number of phenolic OH excluding ortho intramolecular Hbond substituents is 1. The number of hydrogen-bond acceptors (Lipinski definition) is 3. The van der Waals surface area contributed by atoms with Gasteiger partial charge in [0.1, 0.15) is 5.75 Å². The van der Waals surface area contributed by atoms with Crippen LogP contribution in [0.4, 0.5) is 5.69 Å². The van der Waals surface area contributed by atoms with Crippen molar-refractivity contribution in [1.29, 1.82) is 5.26 Å². The second-order valence-corrected chi connectivity index (χ2v) is 4.18. The van der Waals surface area contributed by atoms with E-state index in [2.05, 4.69) is 11.0 Å². The maximum absolute atomic E-state index is 9.23. The number of rotatable bonds is 3. The van der Waals surface area contributed by atoms with Gasteiger partial charge >= 0.3 is 0 Å². The van der Waals surface area contributed by atoms with Crippen LogP contribution in [0.3, 0.4) is 0 Å². The van der Waals surface area contributed by atoms with Gasteiger partial charge in [-0.05, 0) is 35.9 Å². The molecule has 0 aliphatic rings. The Labute approximate surface area is 107 Å². The van der Waals surface area contributed by atoms with Crippen LogP contribution < -0.4 is 4.90 Å². The summed E-state index contributed by atoms with van der Waals surface area (Å²) in [6.07, 6.45) is 0. The number of anilines is 1. The molecule has 0 amide bonds. The molecule has 1 N–H and O–H groups in total. The normalized spacial score (nSPS) is 9.78. The van der Waals surface area contributed by atoms with Crippen molar-refractivity contribution in [1.82, 2.24) is 0 Å². The molecule has 0 unspecified atom stereocenters. The second kappa shape index (κ2) is 5.24. The van der Waals surface area contributed by atoms with Crippen molar-refractivity contribution in [3.05, 3.63) is 59.7 Å². The molecule has 0 aliphatic heterocycles. The van der Waals surface area contributed by atoms with E-state index >= 15 is 0 Å². The minimum Gasteiger partial charge on any atom is -0.508 e. The largest absolute Gasteiger partial charge is 0.508 e. The van der Waals surface area contributed by atoms with Crippen molar-refractivity contribution in [3.8, 4) is 11.8 Å². The first-order chi connectivity index (χ1) is 8.69. The van der Waals surface area contributed by atoms with Crippen molar-refractivity contribution in [3.63, 3.8) is 0 Å². The number of hydrogen-bond donors (Lipinski definition) is 1. The van der Waals surface area contributed by atoms with Gasteiger partial charge in [0.25, 0.3) is 0 Å². The highest BCUT2D eigenvalue weighted by molar-refractivity contribution is 5.51. The van der Waals surface area contributed by atoms with Crippen LogP contribution in [0.25, 0.3) is 0 Å². The van der Waals surface area contributed by atoms with Gasteiger partial charge in [-0.3, -0.25) is 0 Å². The summed E-state index contributed by atoms with van der Waals surface area (Å²) in [6, 6.07) is 16.8. The minimum atomic E-state index is 0.271. The van der Waals surface area contributed by atoms with Crippen molar-refractivity contribution in [2.24, 2.45) is 0 Å². The molecule has 2 aromatic rings. The Morgan fingerprint density at radius 2 is 1.89 bits per heavy atom. The topological polar surface area (TPSA) is 47.3 Å². The number of nitriles is 1. The van der Waals surface area contributed by atoms with Crippen molar-refractivity contribution in [2.75, 3.05) is 11.9 Å². The summed E-state index contributed by atoms with van der Waals surface area (Å²) in [7, 11) is 1.98. The molecule has 2 aromatic carbocycles. The average Bonchev–Trinajstić information content (AvgIpc) is 2.41. The van der Waals surface area contributed by atoms with E-state index in [1.807, 2.05) is 37.4 Å². The lowest BCUT2D eigenvalue weighted by atomic mass is 10.1. The third-order valence-electron chi connectivity index (χ3n) is 2.77. The molecule has 3 nitrogen and oxygen atoms in total. The van der Waals surface area contributed by atoms with E-state index in [0.717, 1.165) is 17.8 Å². The molecule has 0 bridgehead atoms. The molecule has 90 valence electrons. The third kappa shape index (κ3) is 2.80. The van der Waals surface area contributed by atoms with Gasteiger partial charge in [0.05, 0.1) is 11.6 Å². The zero-order valence-electron chi connectivity index (χ0n) is 10.2. The summed E-state index contributed by atoms with van der Waals surface area (Å²) in [6.45, 7) is 0.731. The first-order valence-electron chi connectivity index (χ1n) is 5.68. The summed E-state index contributed by atoms with van der Waals surface area (Å²) >= 11 is 0. The van der Waals surface area contributed by atoms with E-state index in [1.165, 1.54) is 0 Å². The Hall–Kier alpha value is -2.47. The lowest BCUT2D eigenvalue weighted by Gasteiger charge is -2.19. The van der Waals surface area contributed by atoms with Crippen molar-refractivity contribution < 1.29 is 5.11 Å². The first kappa shape index (κ1) is 12.0. The van der Waals surface area contributed by atoms with Gasteiger partial charge < -0.3 is 10.0 Å². The Morgan fingerprint density at radius 3 is 2.56 bits per heavy atom. The second-order valence-electron chi connectivity index (χ2n) is 4.18. The van der Waals surface area contributed by atoms with E-state index in [1.54, 1.807) is 18.2 Å². The fraction of sp³-hybridized carbons (Fsp3) is 0.133. The fourth-order valence-corrected chi connectivity index (χ4v) is 1.78. The molecule has 0 fully saturated rings. The van der Waals surface area contributed by atoms with Crippen LogP contribution in [-0.2, 0) is 6.54 Å². The lowest BCUT2D eigenvalue weighted by Crippen LogP contribution is -2.16. The number of nitrogens with zero attached hydrogens (tertiary/aromatic N) is 2. The summed E-state index contributed by atoms with van der Waals surface area (Å²) < 4.78 is 0. The molecule has 0 heterocycles. The Kier molecular flexibility index (Phi) is 3.49. The summed E-state index contributed by atoms with van der Waals surface area (Å²) in [5, 5.41) is 18.1. The van der Waals surface area contributed by atoms with Crippen molar-refractivity contribution in [2.45, 2.75) is 6.54 Å². The fourth-order valence-electron chi connectivity index (χ4n) is 1.78. The van der Waals surface area contributed by atoms with Gasteiger partial charge in [-0.25, -0.2) is 0 Å². The lowest BCUT2D eigenvalue weighted by molar-refractivity contribution is 0.475. The third-order valence-corrected chi connectivity index (χ3v) is 2.77. The monoisotopic (exact) mass is 238 g/mol. The maximum Gasteiger partial charge on any atom is 0.115 e. The maximum atomic E-state index is 9.23. The number of benzene rings is 2. The number of aromatic hydroxyl groups is 1. The van der Waals surface area contributed by atoms with Crippen LogP contribution in [0.1, 0.15) is 11.1 Å². The molecule has 0 atom stereocenters. The van der Waals surface area contributed by atoms with Crippen molar-refractivity contribution >= 4 is 5.69 Å². The zero-order chi connectivity index (χ0) is 13.0. The highest BCUT2D eigenvalue weighted by Crippen LogP contribution is 2.18. The van der Waals surface area contributed by atoms with Crippen LogP contribution >= 0.6 is 0 Å². The van der Waals surface area contributed by atoms with Crippen LogP contribution in [0.15, 0.2) is 48.5 Å². The van der Waals surface area contributed by atoms with Crippen LogP contribution in [0, 0.1) is 11.3 Å². The molecular formula is C15H14N2O. The summed E-state index contributed by atoms with van der Waals surface area (Å²) in [5.41, 5.74) is 2.77. The van der Waals surface area contributed by atoms with Gasteiger partial charge in [-0.15, -0.1) is 0 Å². The SMILES string of the molecule is CN(Cc1ccc(O)cc1)c1cccc(C#N)c1. The Bertz CT molecular complexity index is 570. The first-order valence-corrected chi connectivity index (χ1v) is 5.68. The highest BCUT2D eigenvalue weighted by atomic mass is 16.3. The van der Waals surface area contributed by atoms with Gasteiger partial charge in [-0.2, -0.15) is 5.26 Å². The Morgan fingerprint density at radius 1 is 1.17 bits per heavy atom. The van der Waals surface area contributed by atoms with Gasteiger partial charge in [-0.1, -0.05) is 18.2 Å². The van der Waals surface area contributed by atoms with E-state index in [9.17, 15) is 5.11 Å². The van der Waals surface area contributed by atoms with Crippen LogP contribution in [0.2, 0.25) is 0 Å². The van der Waals surface area contributed by atoms with Crippen LogP contribution in [0.5, 0.6) is 5.75 Å². The average molecular weight is 238 g/mol. The molecule has 0 saturated carbocycles. The molecule has 0 aromatic heterocycles. The molecule has 3 heteroatoms. The molecular weight excluding hydrogens is 224 g/mol. The van der Waals surface area contributed by atoms with Gasteiger partial charge in [0, 0.05) is 19.3 Å². The summed E-state index contributed by atoms with van der Waals surface area (Å²) in [4.78, 5) is 2.06. The molecule has 0 aliphatic carbocycles. The molecule has 0 spiro atoms. The molecule has 0 radical (unpaired) electrons. The van der Waals surface area contributed by atoms with Crippen LogP contribution in [-0.4, -0.2) is 12.2 Å². The van der Waals surface area contributed by atoms with E-state index < -0.39 is 0 Å². The minimum absolute atomic E-state index is 0.271. The predicted molar refractivity (Wildman–Crippen MR) is 71.4 cm³/mol.